The summed E-state index contributed by atoms with van der Waals surface area (Å²) in [5, 5.41) is 0.539. The highest BCUT2D eigenvalue weighted by atomic mass is 35.5. The third-order valence-corrected chi connectivity index (χ3v) is 3.62. The van der Waals surface area contributed by atoms with E-state index in [9.17, 15) is 4.79 Å². The molecule has 128 valence electrons. The molecule has 0 aromatic carbocycles. The van der Waals surface area contributed by atoms with Gasteiger partial charge in [0.2, 0.25) is 0 Å². The average Bonchev–Trinajstić information content (AvgIpc) is 2.85. The predicted octanol–water partition coefficient (Wildman–Crippen LogP) is 3.79. The first-order chi connectivity index (χ1) is 10.7. The molecule has 0 radical (unpaired) electrons. The van der Waals surface area contributed by atoms with Crippen LogP contribution in [0.25, 0.3) is 0 Å². The number of methoxy groups -OCH3 is 1. The van der Waals surface area contributed by atoms with Gasteiger partial charge in [-0.15, -0.1) is 0 Å². The van der Waals surface area contributed by atoms with Gasteiger partial charge in [-0.1, -0.05) is 23.2 Å². The maximum atomic E-state index is 12.1. The minimum atomic E-state index is -0.527. The molecule has 23 heavy (non-hydrogen) atoms. The Morgan fingerprint density at radius 1 is 1.39 bits per heavy atom. The maximum absolute atomic E-state index is 12.1. The van der Waals surface area contributed by atoms with E-state index in [0.717, 1.165) is 0 Å². The van der Waals surface area contributed by atoms with Crippen molar-refractivity contribution in [1.29, 1.82) is 0 Å². The molecule has 8 heteroatoms. The number of ether oxygens (including phenoxy) is 3. The second kappa shape index (κ2) is 7.01. The van der Waals surface area contributed by atoms with Gasteiger partial charge < -0.3 is 19.1 Å². The molecule has 0 N–H and O–H groups in total. The summed E-state index contributed by atoms with van der Waals surface area (Å²) in [5.74, 6) is 0.549. The molecule has 6 nitrogen and oxygen atoms in total. The number of halogens is 2. The fraction of sp³-hybridized carbons (Fsp3) is 0.600. The lowest BCUT2D eigenvalue weighted by Crippen LogP contribution is -2.36. The minimum Gasteiger partial charge on any atom is -0.490 e. The molecule has 0 saturated carbocycles. The van der Waals surface area contributed by atoms with Gasteiger partial charge >= 0.3 is 6.09 Å². The zero-order valence-electron chi connectivity index (χ0n) is 13.6. The van der Waals surface area contributed by atoms with Crippen LogP contribution in [0.15, 0.2) is 6.07 Å². The van der Waals surface area contributed by atoms with E-state index < -0.39 is 5.60 Å². The van der Waals surface area contributed by atoms with E-state index in [0.29, 0.717) is 30.3 Å². The molecule has 0 bridgehead atoms. The number of hydrogen-bond donors (Lipinski definition) is 0. The van der Waals surface area contributed by atoms with Crippen LogP contribution in [0.4, 0.5) is 4.79 Å². The van der Waals surface area contributed by atoms with Crippen LogP contribution in [-0.4, -0.2) is 47.9 Å². The van der Waals surface area contributed by atoms with E-state index in [1.54, 1.807) is 4.90 Å². The molecule has 2 heterocycles. The second-order valence-electron chi connectivity index (χ2n) is 6.22. The Kier molecular flexibility index (Phi) is 5.47. The molecule has 1 aromatic rings. The van der Waals surface area contributed by atoms with Gasteiger partial charge in [0.1, 0.15) is 16.9 Å². The number of hydrogen-bond acceptors (Lipinski definition) is 5. The third-order valence-electron chi connectivity index (χ3n) is 3.14. The van der Waals surface area contributed by atoms with Crippen molar-refractivity contribution in [3.63, 3.8) is 0 Å². The first-order valence-corrected chi connectivity index (χ1v) is 8.00. The molecule has 1 unspecified atom stereocenters. The SMILES string of the molecule is COc1c(Cl)cc(Cl)nc1OC1CCN(C(=O)OC(C)(C)C)C1. The molecule has 1 saturated heterocycles. The third kappa shape index (κ3) is 4.78. The van der Waals surface area contributed by atoms with E-state index in [-0.39, 0.29) is 23.2 Å². The summed E-state index contributed by atoms with van der Waals surface area (Å²) in [5.41, 5.74) is -0.527. The molecule has 0 aliphatic carbocycles. The monoisotopic (exact) mass is 362 g/mol. The zero-order valence-corrected chi connectivity index (χ0v) is 15.1. The van der Waals surface area contributed by atoms with Crippen LogP contribution in [0.5, 0.6) is 11.6 Å². The number of amides is 1. The fourth-order valence-corrected chi connectivity index (χ4v) is 2.69. The van der Waals surface area contributed by atoms with Crippen molar-refractivity contribution in [3.8, 4) is 11.6 Å². The van der Waals surface area contributed by atoms with Crippen LogP contribution >= 0.6 is 23.2 Å². The summed E-state index contributed by atoms with van der Waals surface area (Å²) in [7, 11) is 1.48. The van der Waals surface area contributed by atoms with Crippen molar-refractivity contribution < 1.29 is 19.0 Å². The average molecular weight is 363 g/mol. The largest absolute Gasteiger partial charge is 0.490 e. The number of carbonyl (C=O) groups excluding carboxylic acids is 1. The first kappa shape index (κ1) is 17.9. The molecule has 0 spiro atoms. The van der Waals surface area contributed by atoms with Crippen LogP contribution < -0.4 is 9.47 Å². The fourth-order valence-electron chi connectivity index (χ4n) is 2.19. The number of rotatable bonds is 3. The Bertz CT molecular complexity index is 590. The lowest BCUT2D eigenvalue weighted by atomic mass is 10.2. The van der Waals surface area contributed by atoms with E-state index >= 15 is 0 Å². The summed E-state index contributed by atoms with van der Waals surface area (Å²) in [6, 6.07) is 1.48. The Morgan fingerprint density at radius 2 is 2.09 bits per heavy atom. The molecule has 1 amide bonds. The second-order valence-corrected chi connectivity index (χ2v) is 7.01. The van der Waals surface area contributed by atoms with E-state index in [1.165, 1.54) is 13.2 Å². The Hall–Kier alpha value is -1.40. The summed E-state index contributed by atoms with van der Waals surface area (Å²) in [4.78, 5) is 17.8. The lowest BCUT2D eigenvalue weighted by molar-refractivity contribution is 0.0274. The van der Waals surface area contributed by atoms with Gasteiger partial charge in [0.15, 0.2) is 5.75 Å². The van der Waals surface area contributed by atoms with Crippen molar-refractivity contribution in [3.05, 3.63) is 16.2 Å². The Balaban J connectivity index is 2.02. The number of likely N-dealkylation sites (tertiary alicyclic amines) is 1. The minimum absolute atomic E-state index is 0.216. The molecule has 2 rings (SSSR count). The van der Waals surface area contributed by atoms with Crippen LogP contribution in [0, 0.1) is 0 Å². The quantitative estimate of drug-likeness (QED) is 0.765. The summed E-state index contributed by atoms with van der Waals surface area (Å²) in [6.07, 6.45) is 0.0832. The van der Waals surface area contributed by atoms with E-state index in [4.69, 9.17) is 37.4 Å². The molecule has 1 fully saturated rings. The first-order valence-electron chi connectivity index (χ1n) is 7.24. The van der Waals surface area contributed by atoms with Gasteiger partial charge in [-0.25, -0.2) is 4.79 Å². The van der Waals surface area contributed by atoms with Crippen LogP contribution in [0.1, 0.15) is 27.2 Å². The predicted molar refractivity (Wildman–Crippen MR) is 87.6 cm³/mol. The maximum Gasteiger partial charge on any atom is 0.410 e. The topological polar surface area (TPSA) is 60.9 Å². The Labute approximate surface area is 145 Å². The van der Waals surface area contributed by atoms with Gasteiger partial charge in [-0.05, 0) is 26.8 Å². The Morgan fingerprint density at radius 3 is 2.70 bits per heavy atom. The van der Waals surface area contributed by atoms with E-state index in [1.807, 2.05) is 20.8 Å². The van der Waals surface area contributed by atoms with Crippen molar-refractivity contribution in [2.24, 2.45) is 0 Å². The lowest BCUT2D eigenvalue weighted by Gasteiger charge is -2.24. The summed E-state index contributed by atoms with van der Waals surface area (Å²) in [6.45, 7) is 6.45. The van der Waals surface area contributed by atoms with Crippen molar-refractivity contribution in [1.82, 2.24) is 9.88 Å². The molecule has 1 aromatic heterocycles. The molecular weight excluding hydrogens is 343 g/mol. The number of nitrogens with zero attached hydrogens (tertiary/aromatic N) is 2. The number of carbonyl (C=O) groups is 1. The van der Waals surface area contributed by atoms with Crippen molar-refractivity contribution in [2.45, 2.75) is 38.9 Å². The number of aromatic nitrogens is 1. The highest BCUT2D eigenvalue weighted by Gasteiger charge is 2.32. The highest BCUT2D eigenvalue weighted by molar-refractivity contribution is 6.35. The molecule has 1 aliphatic rings. The van der Waals surface area contributed by atoms with Crippen LogP contribution in [-0.2, 0) is 4.74 Å². The normalized spacial score (nSPS) is 18.0. The molecule has 1 atom stereocenters. The van der Waals surface area contributed by atoms with E-state index in [2.05, 4.69) is 4.98 Å². The summed E-state index contributed by atoms with van der Waals surface area (Å²) < 4.78 is 16.4. The highest BCUT2D eigenvalue weighted by Crippen LogP contribution is 2.36. The van der Waals surface area contributed by atoms with Crippen LogP contribution in [0.2, 0.25) is 10.2 Å². The molecule has 1 aliphatic heterocycles. The zero-order chi connectivity index (χ0) is 17.2. The van der Waals surface area contributed by atoms with Crippen LogP contribution in [0.3, 0.4) is 0 Å². The van der Waals surface area contributed by atoms with Gasteiger partial charge in [0.25, 0.3) is 5.88 Å². The van der Waals surface area contributed by atoms with Crippen molar-refractivity contribution >= 4 is 29.3 Å². The van der Waals surface area contributed by atoms with Gasteiger partial charge in [-0.2, -0.15) is 4.98 Å². The molecular formula is C15H20Cl2N2O4. The number of pyridine rings is 1. The van der Waals surface area contributed by atoms with Crippen molar-refractivity contribution in [2.75, 3.05) is 20.2 Å². The standard InChI is InChI=1S/C15H20Cl2N2O4/c1-15(2,3)23-14(20)19-6-5-9(8-19)22-13-12(21-4)10(16)7-11(17)18-13/h7,9H,5-6,8H2,1-4H3. The van der Waals surface area contributed by atoms with Gasteiger partial charge in [0.05, 0.1) is 18.7 Å². The summed E-state index contributed by atoms with van der Waals surface area (Å²) >= 11 is 12.0. The van der Waals surface area contributed by atoms with Gasteiger partial charge in [0, 0.05) is 13.0 Å². The smallest absolute Gasteiger partial charge is 0.410 e. The van der Waals surface area contributed by atoms with Gasteiger partial charge in [-0.3, -0.25) is 0 Å².